The number of nitrogen functional groups attached to an aromatic ring is 1. The number of anilines is 1. The maximum Gasteiger partial charge on any atom is 0.0459 e. The SMILES string of the molecule is Cc1ccc(-c2cc(N)c(C)s2)cc1. The van der Waals surface area contributed by atoms with Crippen molar-refractivity contribution in [1.29, 1.82) is 0 Å². The average Bonchev–Trinajstić information content (AvgIpc) is 2.48. The summed E-state index contributed by atoms with van der Waals surface area (Å²) in [6.07, 6.45) is 0. The third kappa shape index (κ3) is 1.66. The summed E-state index contributed by atoms with van der Waals surface area (Å²) in [5, 5.41) is 0. The molecule has 1 aromatic carbocycles. The molecule has 1 heterocycles. The number of benzene rings is 1. The summed E-state index contributed by atoms with van der Waals surface area (Å²) in [4.78, 5) is 2.44. The van der Waals surface area contributed by atoms with Gasteiger partial charge in [-0.1, -0.05) is 29.8 Å². The maximum absolute atomic E-state index is 5.82. The van der Waals surface area contributed by atoms with E-state index in [9.17, 15) is 0 Å². The van der Waals surface area contributed by atoms with E-state index in [2.05, 4.69) is 38.1 Å². The van der Waals surface area contributed by atoms with E-state index in [1.165, 1.54) is 20.9 Å². The molecule has 0 saturated heterocycles. The third-order valence-corrected chi connectivity index (χ3v) is 3.41. The van der Waals surface area contributed by atoms with Crippen LogP contribution in [0.25, 0.3) is 10.4 Å². The van der Waals surface area contributed by atoms with Gasteiger partial charge in [0.2, 0.25) is 0 Å². The second-order valence-electron chi connectivity index (χ2n) is 3.49. The van der Waals surface area contributed by atoms with Crippen molar-refractivity contribution in [2.75, 3.05) is 5.73 Å². The molecule has 0 saturated carbocycles. The summed E-state index contributed by atoms with van der Waals surface area (Å²) in [5.74, 6) is 0. The van der Waals surface area contributed by atoms with Crippen LogP contribution in [0, 0.1) is 13.8 Å². The first-order chi connectivity index (χ1) is 6.66. The molecular weight excluding hydrogens is 190 g/mol. The van der Waals surface area contributed by atoms with E-state index in [0.29, 0.717) is 0 Å². The molecule has 0 radical (unpaired) electrons. The molecule has 0 bridgehead atoms. The first kappa shape index (κ1) is 9.28. The molecule has 2 heteroatoms. The molecule has 0 spiro atoms. The van der Waals surface area contributed by atoms with Gasteiger partial charge in [0.15, 0.2) is 0 Å². The van der Waals surface area contributed by atoms with Gasteiger partial charge in [-0.2, -0.15) is 0 Å². The molecule has 0 aliphatic rings. The third-order valence-electron chi connectivity index (χ3n) is 2.29. The molecule has 14 heavy (non-hydrogen) atoms. The van der Waals surface area contributed by atoms with Crippen LogP contribution in [-0.4, -0.2) is 0 Å². The lowest BCUT2D eigenvalue weighted by Crippen LogP contribution is -1.80. The molecule has 0 fully saturated rings. The number of nitrogens with two attached hydrogens (primary N) is 1. The van der Waals surface area contributed by atoms with Gasteiger partial charge in [-0.3, -0.25) is 0 Å². The van der Waals surface area contributed by atoms with Gasteiger partial charge in [0, 0.05) is 15.4 Å². The fourth-order valence-electron chi connectivity index (χ4n) is 1.36. The molecular formula is C12H13NS. The number of thiophene rings is 1. The summed E-state index contributed by atoms with van der Waals surface area (Å²) in [6, 6.07) is 10.6. The van der Waals surface area contributed by atoms with Gasteiger partial charge in [-0.15, -0.1) is 11.3 Å². The second kappa shape index (κ2) is 3.46. The van der Waals surface area contributed by atoms with Gasteiger partial charge in [0.25, 0.3) is 0 Å². The van der Waals surface area contributed by atoms with Crippen LogP contribution in [0.1, 0.15) is 10.4 Å². The Morgan fingerprint density at radius 1 is 1.07 bits per heavy atom. The van der Waals surface area contributed by atoms with E-state index < -0.39 is 0 Å². The highest BCUT2D eigenvalue weighted by atomic mass is 32.1. The topological polar surface area (TPSA) is 26.0 Å². The minimum atomic E-state index is 0.894. The van der Waals surface area contributed by atoms with Crippen LogP contribution in [0.5, 0.6) is 0 Å². The number of hydrogen-bond acceptors (Lipinski definition) is 2. The Bertz CT molecular complexity index is 420. The van der Waals surface area contributed by atoms with E-state index in [-0.39, 0.29) is 0 Å². The smallest absolute Gasteiger partial charge is 0.0459 e. The Balaban J connectivity index is 2.44. The van der Waals surface area contributed by atoms with Crippen molar-refractivity contribution in [3.05, 3.63) is 40.8 Å². The summed E-state index contributed by atoms with van der Waals surface area (Å²) in [6.45, 7) is 4.15. The van der Waals surface area contributed by atoms with Gasteiger partial charge < -0.3 is 5.73 Å². The molecule has 0 amide bonds. The van der Waals surface area contributed by atoms with Crippen molar-refractivity contribution in [1.82, 2.24) is 0 Å². The van der Waals surface area contributed by atoms with Crippen LogP contribution in [0.3, 0.4) is 0 Å². The fraction of sp³-hybridized carbons (Fsp3) is 0.167. The highest BCUT2D eigenvalue weighted by Gasteiger charge is 2.03. The molecule has 72 valence electrons. The van der Waals surface area contributed by atoms with Gasteiger partial charge in [0.1, 0.15) is 0 Å². The zero-order chi connectivity index (χ0) is 10.1. The van der Waals surface area contributed by atoms with Crippen molar-refractivity contribution in [3.63, 3.8) is 0 Å². The zero-order valence-corrected chi connectivity index (χ0v) is 9.19. The lowest BCUT2D eigenvalue weighted by atomic mass is 10.1. The van der Waals surface area contributed by atoms with E-state index in [4.69, 9.17) is 5.73 Å². The van der Waals surface area contributed by atoms with E-state index >= 15 is 0 Å². The fourth-order valence-corrected chi connectivity index (χ4v) is 2.30. The van der Waals surface area contributed by atoms with Crippen molar-refractivity contribution >= 4 is 17.0 Å². The number of aryl methyl sites for hydroxylation is 2. The quantitative estimate of drug-likeness (QED) is 0.752. The van der Waals surface area contributed by atoms with Crippen LogP contribution in [0.4, 0.5) is 5.69 Å². The van der Waals surface area contributed by atoms with E-state index in [1.807, 2.05) is 6.07 Å². The number of hydrogen-bond donors (Lipinski definition) is 1. The summed E-state index contributed by atoms with van der Waals surface area (Å²) in [5.41, 5.74) is 9.25. The first-order valence-electron chi connectivity index (χ1n) is 4.60. The molecule has 0 atom stereocenters. The molecule has 2 N–H and O–H groups in total. The first-order valence-corrected chi connectivity index (χ1v) is 5.41. The molecule has 0 aliphatic heterocycles. The van der Waals surface area contributed by atoms with Crippen molar-refractivity contribution in [2.24, 2.45) is 0 Å². The minimum Gasteiger partial charge on any atom is -0.398 e. The molecule has 0 unspecified atom stereocenters. The summed E-state index contributed by atoms with van der Waals surface area (Å²) >= 11 is 1.75. The molecule has 2 rings (SSSR count). The Morgan fingerprint density at radius 2 is 1.71 bits per heavy atom. The van der Waals surface area contributed by atoms with Gasteiger partial charge in [-0.05, 0) is 25.5 Å². The molecule has 1 aromatic heterocycles. The highest BCUT2D eigenvalue weighted by molar-refractivity contribution is 7.16. The normalized spacial score (nSPS) is 10.4. The number of rotatable bonds is 1. The van der Waals surface area contributed by atoms with Gasteiger partial charge >= 0.3 is 0 Å². The predicted octanol–water partition coefficient (Wildman–Crippen LogP) is 3.61. The molecule has 0 aliphatic carbocycles. The lowest BCUT2D eigenvalue weighted by Gasteiger charge is -1.97. The van der Waals surface area contributed by atoms with Crippen LogP contribution in [-0.2, 0) is 0 Å². The van der Waals surface area contributed by atoms with E-state index in [0.717, 1.165) is 5.69 Å². The van der Waals surface area contributed by atoms with Crippen molar-refractivity contribution < 1.29 is 0 Å². The second-order valence-corrected chi connectivity index (χ2v) is 4.74. The Hall–Kier alpha value is -1.28. The highest BCUT2D eigenvalue weighted by Crippen LogP contribution is 2.32. The van der Waals surface area contributed by atoms with Crippen LogP contribution >= 0.6 is 11.3 Å². The largest absolute Gasteiger partial charge is 0.398 e. The Morgan fingerprint density at radius 3 is 2.21 bits per heavy atom. The van der Waals surface area contributed by atoms with Crippen LogP contribution < -0.4 is 5.73 Å². The zero-order valence-electron chi connectivity index (χ0n) is 8.37. The van der Waals surface area contributed by atoms with E-state index in [1.54, 1.807) is 11.3 Å². The summed E-state index contributed by atoms with van der Waals surface area (Å²) < 4.78 is 0. The lowest BCUT2D eigenvalue weighted by molar-refractivity contribution is 1.48. The maximum atomic E-state index is 5.82. The standard InChI is InChI=1S/C12H13NS/c1-8-3-5-10(6-4-8)12-7-11(13)9(2)14-12/h3-7H,13H2,1-2H3. The minimum absolute atomic E-state index is 0.894. The van der Waals surface area contributed by atoms with Crippen molar-refractivity contribution in [2.45, 2.75) is 13.8 Å². The summed E-state index contributed by atoms with van der Waals surface area (Å²) in [7, 11) is 0. The van der Waals surface area contributed by atoms with Crippen molar-refractivity contribution in [3.8, 4) is 10.4 Å². The monoisotopic (exact) mass is 203 g/mol. The predicted molar refractivity (Wildman–Crippen MR) is 63.6 cm³/mol. The van der Waals surface area contributed by atoms with Crippen LogP contribution in [0.2, 0.25) is 0 Å². The van der Waals surface area contributed by atoms with Gasteiger partial charge in [0.05, 0.1) is 0 Å². The Kier molecular flexibility index (Phi) is 2.30. The Labute approximate surface area is 88.2 Å². The molecule has 1 nitrogen and oxygen atoms in total. The van der Waals surface area contributed by atoms with Crippen LogP contribution in [0.15, 0.2) is 30.3 Å². The molecule has 2 aromatic rings. The van der Waals surface area contributed by atoms with Gasteiger partial charge in [-0.25, -0.2) is 0 Å². The average molecular weight is 203 g/mol.